The maximum absolute atomic E-state index is 12.3. The highest BCUT2D eigenvalue weighted by molar-refractivity contribution is 9.10. The average molecular weight is 336 g/mol. The van der Waals surface area contributed by atoms with Gasteiger partial charge in [-0.15, -0.1) is 0 Å². The van der Waals surface area contributed by atoms with E-state index in [2.05, 4.69) is 33.5 Å². The minimum absolute atomic E-state index is 0.109. The summed E-state index contributed by atoms with van der Waals surface area (Å²) in [6, 6.07) is 9.64. The number of nitrogens with zero attached hydrogens (tertiary/aromatic N) is 1. The first-order valence-electron chi connectivity index (χ1n) is 6.53. The van der Waals surface area contributed by atoms with Gasteiger partial charge in [0.1, 0.15) is 5.69 Å². The molecule has 1 aromatic carbocycles. The predicted molar refractivity (Wildman–Crippen MR) is 84.9 cm³/mol. The molecule has 0 bridgehead atoms. The standard InChI is InChI=1S/C15H18BrN3O/c1-3-17-9-11-6-4-5-7-13(11)18-15(20)14-8-12(16)10-19(14)2/h4-8,10,17H,3,9H2,1-2H3,(H,18,20). The molecule has 1 amide bonds. The SMILES string of the molecule is CCNCc1ccccc1NC(=O)c1cc(Br)cn1C. The second-order valence-corrected chi connectivity index (χ2v) is 5.46. The van der Waals surface area contributed by atoms with E-state index in [0.29, 0.717) is 5.69 Å². The lowest BCUT2D eigenvalue weighted by Gasteiger charge is -2.11. The van der Waals surface area contributed by atoms with Crippen molar-refractivity contribution in [3.63, 3.8) is 0 Å². The molecular weight excluding hydrogens is 318 g/mol. The smallest absolute Gasteiger partial charge is 0.272 e. The molecule has 0 atom stereocenters. The molecule has 0 aliphatic rings. The van der Waals surface area contributed by atoms with Crippen molar-refractivity contribution in [3.05, 3.63) is 52.3 Å². The van der Waals surface area contributed by atoms with Crippen LogP contribution in [0.3, 0.4) is 0 Å². The van der Waals surface area contributed by atoms with Crippen molar-refractivity contribution < 1.29 is 4.79 Å². The highest BCUT2D eigenvalue weighted by Crippen LogP contribution is 2.18. The second-order valence-electron chi connectivity index (χ2n) is 4.55. The molecule has 0 fully saturated rings. The lowest BCUT2D eigenvalue weighted by atomic mass is 10.1. The maximum atomic E-state index is 12.3. The zero-order chi connectivity index (χ0) is 14.5. The van der Waals surface area contributed by atoms with Gasteiger partial charge in [0.25, 0.3) is 5.91 Å². The van der Waals surface area contributed by atoms with E-state index in [9.17, 15) is 4.79 Å². The molecule has 1 aromatic heterocycles. The number of rotatable bonds is 5. The highest BCUT2D eigenvalue weighted by Gasteiger charge is 2.12. The zero-order valence-electron chi connectivity index (χ0n) is 11.6. The number of para-hydroxylation sites is 1. The number of nitrogens with one attached hydrogen (secondary N) is 2. The Bertz CT molecular complexity index is 607. The minimum Gasteiger partial charge on any atom is -0.345 e. The van der Waals surface area contributed by atoms with Gasteiger partial charge in [0.05, 0.1) is 0 Å². The van der Waals surface area contributed by atoms with E-state index in [1.54, 1.807) is 4.57 Å². The monoisotopic (exact) mass is 335 g/mol. The normalized spacial score (nSPS) is 10.6. The van der Waals surface area contributed by atoms with Crippen LogP contribution >= 0.6 is 15.9 Å². The molecule has 4 nitrogen and oxygen atoms in total. The summed E-state index contributed by atoms with van der Waals surface area (Å²) in [6.07, 6.45) is 1.86. The van der Waals surface area contributed by atoms with Crippen molar-refractivity contribution in [3.8, 4) is 0 Å². The van der Waals surface area contributed by atoms with E-state index in [1.807, 2.05) is 43.6 Å². The Morgan fingerprint density at radius 3 is 2.75 bits per heavy atom. The number of halogens is 1. The quantitative estimate of drug-likeness (QED) is 0.881. The summed E-state index contributed by atoms with van der Waals surface area (Å²) in [5.41, 5.74) is 2.54. The number of aryl methyl sites for hydroxylation is 1. The van der Waals surface area contributed by atoms with Gasteiger partial charge in [-0.3, -0.25) is 4.79 Å². The van der Waals surface area contributed by atoms with Crippen LogP contribution in [0.15, 0.2) is 41.0 Å². The molecule has 106 valence electrons. The van der Waals surface area contributed by atoms with E-state index in [1.165, 1.54) is 0 Å². The van der Waals surface area contributed by atoms with Crippen LogP contribution in [0.5, 0.6) is 0 Å². The van der Waals surface area contributed by atoms with Gasteiger partial charge in [0.15, 0.2) is 0 Å². The fourth-order valence-corrected chi connectivity index (χ4v) is 2.52. The van der Waals surface area contributed by atoms with E-state index in [0.717, 1.165) is 28.8 Å². The molecule has 0 aliphatic heterocycles. The fraction of sp³-hybridized carbons (Fsp3) is 0.267. The van der Waals surface area contributed by atoms with E-state index in [-0.39, 0.29) is 5.91 Å². The van der Waals surface area contributed by atoms with Crippen molar-refractivity contribution in [2.24, 2.45) is 7.05 Å². The number of carbonyl (C=O) groups is 1. The Kier molecular flexibility index (Phi) is 4.98. The Morgan fingerprint density at radius 1 is 1.35 bits per heavy atom. The van der Waals surface area contributed by atoms with Gasteiger partial charge in [0.2, 0.25) is 0 Å². The summed E-state index contributed by atoms with van der Waals surface area (Å²) >= 11 is 3.37. The lowest BCUT2D eigenvalue weighted by Crippen LogP contribution is -2.18. The molecule has 2 N–H and O–H groups in total. The molecule has 5 heteroatoms. The Morgan fingerprint density at radius 2 is 2.10 bits per heavy atom. The summed E-state index contributed by atoms with van der Waals surface area (Å²) in [5, 5.41) is 6.24. The largest absolute Gasteiger partial charge is 0.345 e. The van der Waals surface area contributed by atoms with Crippen LogP contribution in [0.2, 0.25) is 0 Å². The van der Waals surface area contributed by atoms with Gasteiger partial charge < -0.3 is 15.2 Å². The first-order valence-corrected chi connectivity index (χ1v) is 7.33. The summed E-state index contributed by atoms with van der Waals surface area (Å²) in [6.45, 7) is 3.69. The number of anilines is 1. The van der Waals surface area contributed by atoms with E-state index < -0.39 is 0 Å². The van der Waals surface area contributed by atoms with Crippen LogP contribution in [0.25, 0.3) is 0 Å². The van der Waals surface area contributed by atoms with Crippen molar-refractivity contribution in [1.82, 2.24) is 9.88 Å². The van der Waals surface area contributed by atoms with Crippen LogP contribution in [-0.4, -0.2) is 17.0 Å². The van der Waals surface area contributed by atoms with Crippen LogP contribution in [0.1, 0.15) is 23.0 Å². The number of benzene rings is 1. The third-order valence-corrected chi connectivity index (χ3v) is 3.47. The number of aromatic nitrogens is 1. The second kappa shape index (κ2) is 6.72. The molecule has 2 aromatic rings. The van der Waals surface area contributed by atoms with Gasteiger partial charge >= 0.3 is 0 Å². The third kappa shape index (κ3) is 3.49. The van der Waals surface area contributed by atoms with Crippen LogP contribution < -0.4 is 10.6 Å². The summed E-state index contributed by atoms with van der Waals surface area (Å²) in [7, 11) is 1.85. The Labute approximate surface area is 127 Å². The minimum atomic E-state index is -0.109. The molecule has 2 rings (SSSR count). The predicted octanol–water partition coefficient (Wildman–Crippen LogP) is 3.15. The van der Waals surface area contributed by atoms with Crippen LogP contribution in [-0.2, 0) is 13.6 Å². The van der Waals surface area contributed by atoms with E-state index in [4.69, 9.17) is 0 Å². The molecule has 0 saturated carbocycles. The lowest BCUT2D eigenvalue weighted by molar-refractivity contribution is 0.101. The van der Waals surface area contributed by atoms with Gasteiger partial charge in [-0.1, -0.05) is 25.1 Å². The van der Waals surface area contributed by atoms with Crippen LogP contribution in [0.4, 0.5) is 5.69 Å². The number of carbonyl (C=O) groups excluding carboxylic acids is 1. The highest BCUT2D eigenvalue weighted by atomic mass is 79.9. The first kappa shape index (κ1) is 14.8. The summed E-state index contributed by atoms with van der Waals surface area (Å²) in [4.78, 5) is 12.3. The van der Waals surface area contributed by atoms with Gasteiger partial charge in [-0.2, -0.15) is 0 Å². The molecule has 0 saturated heterocycles. The third-order valence-electron chi connectivity index (χ3n) is 3.04. The molecular formula is C15H18BrN3O. The molecule has 1 heterocycles. The Balaban J connectivity index is 2.17. The molecule has 0 radical (unpaired) electrons. The topological polar surface area (TPSA) is 46.1 Å². The first-order chi connectivity index (χ1) is 9.61. The van der Waals surface area contributed by atoms with Crippen molar-refractivity contribution >= 4 is 27.5 Å². The average Bonchev–Trinajstić information content (AvgIpc) is 2.77. The molecule has 0 aliphatic carbocycles. The summed E-state index contributed by atoms with van der Waals surface area (Å²) in [5.74, 6) is -0.109. The van der Waals surface area contributed by atoms with Crippen molar-refractivity contribution in [1.29, 1.82) is 0 Å². The van der Waals surface area contributed by atoms with Crippen molar-refractivity contribution in [2.75, 3.05) is 11.9 Å². The zero-order valence-corrected chi connectivity index (χ0v) is 13.2. The molecule has 0 unspecified atom stereocenters. The number of hydrogen-bond donors (Lipinski definition) is 2. The number of amides is 1. The number of hydrogen-bond acceptors (Lipinski definition) is 2. The maximum Gasteiger partial charge on any atom is 0.272 e. The van der Waals surface area contributed by atoms with Crippen LogP contribution in [0, 0.1) is 0 Å². The summed E-state index contributed by atoms with van der Waals surface area (Å²) < 4.78 is 2.69. The van der Waals surface area contributed by atoms with Gasteiger partial charge in [0, 0.05) is 29.9 Å². The fourth-order valence-electron chi connectivity index (χ4n) is 1.99. The van der Waals surface area contributed by atoms with E-state index >= 15 is 0 Å². The Hall–Kier alpha value is -1.59. The van der Waals surface area contributed by atoms with Gasteiger partial charge in [-0.05, 0) is 40.2 Å². The molecule has 0 spiro atoms. The van der Waals surface area contributed by atoms with Gasteiger partial charge in [-0.25, -0.2) is 0 Å². The molecule has 20 heavy (non-hydrogen) atoms. The van der Waals surface area contributed by atoms with Crippen molar-refractivity contribution in [2.45, 2.75) is 13.5 Å².